The predicted octanol–water partition coefficient (Wildman–Crippen LogP) is 2.85. The van der Waals surface area contributed by atoms with Gasteiger partial charge < -0.3 is 15.7 Å². The van der Waals surface area contributed by atoms with Crippen molar-refractivity contribution in [2.24, 2.45) is 0 Å². The SMILES string of the molecule is CC(CC(F)(F)F)NC(=O)Nc1cccc(C(=O)O)c1. The molecule has 1 aromatic rings. The van der Waals surface area contributed by atoms with E-state index in [1.165, 1.54) is 31.2 Å². The molecule has 8 heteroatoms. The van der Waals surface area contributed by atoms with E-state index in [2.05, 4.69) is 10.6 Å². The van der Waals surface area contributed by atoms with Crippen LogP contribution in [0.5, 0.6) is 0 Å². The highest BCUT2D eigenvalue weighted by Crippen LogP contribution is 2.21. The fourth-order valence-corrected chi connectivity index (χ4v) is 1.52. The molecule has 0 radical (unpaired) electrons. The van der Waals surface area contributed by atoms with Crippen molar-refractivity contribution in [3.63, 3.8) is 0 Å². The quantitative estimate of drug-likeness (QED) is 0.797. The first kappa shape index (κ1) is 15.8. The Morgan fingerprint density at radius 1 is 1.35 bits per heavy atom. The molecule has 110 valence electrons. The van der Waals surface area contributed by atoms with Crippen LogP contribution in [0.3, 0.4) is 0 Å². The minimum atomic E-state index is -4.37. The van der Waals surface area contributed by atoms with Gasteiger partial charge in [-0.05, 0) is 25.1 Å². The number of nitrogens with one attached hydrogen (secondary N) is 2. The van der Waals surface area contributed by atoms with Crippen molar-refractivity contribution in [1.82, 2.24) is 5.32 Å². The minimum absolute atomic E-state index is 0.0360. The summed E-state index contributed by atoms with van der Waals surface area (Å²) in [6.45, 7) is 1.22. The predicted molar refractivity (Wildman–Crippen MR) is 65.7 cm³/mol. The summed E-state index contributed by atoms with van der Waals surface area (Å²) < 4.78 is 36.3. The summed E-state index contributed by atoms with van der Waals surface area (Å²) in [5, 5.41) is 13.2. The first-order chi connectivity index (χ1) is 9.17. The van der Waals surface area contributed by atoms with Crippen LogP contribution in [-0.4, -0.2) is 29.3 Å². The molecule has 0 aliphatic carbocycles. The van der Waals surface area contributed by atoms with Gasteiger partial charge in [0.05, 0.1) is 12.0 Å². The molecule has 2 amide bonds. The van der Waals surface area contributed by atoms with Crippen molar-refractivity contribution in [3.8, 4) is 0 Å². The molecule has 1 atom stereocenters. The summed E-state index contributed by atoms with van der Waals surface area (Å²) in [5.74, 6) is -1.17. The van der Waals surface area contributed by atoms with Gasteiger partial charge in [-0.25, -0.2) is 9.59 Å². The lowest BCUT2D eigenvalue weighted by atomic mass is 10.2. The lowest BCUT2D eigenvalue weighted by Gasteiger charge is -2.16. The maximum atomic E-state index is 12.1. The lowest BCUT2D eigenvalue weighted by molar-refractivity contribution is -0.138. The molecule has 0 saturated heterocycles. The maximum absolute atomic E-state index is 12.1. The summed E-state index contributed by atoms with van der Waals surface area (Å²) in [5.41, 5.74) is 0.146. The molecular formula is C12H13F3N2O3. The zero-order chi connectivity index (χ0) is 15.3. The molecule has 0 fully saturated rings. The summed E-state index contributed by atoms with van der Waals surface area (Å²) in [6, 6.07) is 3.47. The second-order valence-electron chi connectivity index (χ2n) is 4.20. The Bertz CT molecular complexity index is 503. The third-order valence-electron chi connectivity index (χ3n) is 2.28. The van der Waals surface area contributed by atoms with Crippen LogP contribution in [0.4, 0.5) is 23.7 Å². The molecule has 1 aromatic carbocycles. The summed E-state index contributed by atoms with van der Waals surface area (Å²) in [4.78, 5) is 22.2. The number of carbonyl (C=O) groups is 2. The highest BCUT2D eigenvalue weighted by molar-refractivity contribution is 5.93. The number of aromatic carboxylic acids is 1. The van der Waals surface area contributed by atoms with Gasteiger partial charge in [0.15, 0.2) is 0 Å². The monoisotopic (exact) mass is 290 g/mol. The van der Waals surface area contributed by atoms with Crippen molar-refractivity contribution in [2.75, 3.05) is 5.32 Å². The average Bonchev–Trinajstić information content (AvgIpc) is 2.25. The topological polar surface area (TPSA) is 78.4 Å². The molecule has 0 heterocycles. The first-order valence-electron chi connectivity index (χ1n) is 5.65. The Morgan fingerprint density at radius 2 is 2.00 bits per heavy atom. The number of carboxylic acid groups (broad SMARTS) is 1. The van der Waals surface area contributed by atoms with E-state index in [9.17, 15) is 22.8 Å². The molecule has 0 spiro atoms. The fourth-order valence-electron chi connectivity index (χ4n) is 1.52. The Kier molecular flexibility index (Phi) is 4.95. The van der Waals surface area contributed by atoms with Gasteiger partial charge in [-0.3, -0.25) is 0 Å². The van der Waals surface area contributed by atoms with Gasteiger partial charge in [0, 0.05) is 11.7 Å². The van der Waals surface area contributed by atoms with Crippen LogP contribution < -0.4 is 10.6 Å². The zero-order valence-corrected chi connectivity index (χ0v) is 10.5. The average molecular weight is 290 g/mol. The van der Waals surface area contributed by atoms with Gasteiger partial charge in [0.1, 0.15) is 0 Å². The van der Waals surface area contributed by atoms with Crippen LogP contribution in [-0.2, 0) is 0 Å². The third-order valence-corrected chi connectivity index (χ3v) is 2.28. The Hall–Kier alpha value is -2.25. The van der Waals surface area contributed by atoms with E-state index < -0.39 is 30.6 Å². The number of halogens is 3. The highest BCUT2D eigenvalue weighted by Gasteiger charge is 2.30. The highest BCUT2D eigenvalue weighted by atomic mass is 19.4. The van der Waals surface area contributed by atoms with Gasteiger partial charge in [-0.2, -0.15) is 13.2 Å². The molecule has 1 rings (SSSR count). The number of anilines is 1. The van der Waals surface area contributed by atoms with Gasteiger partial charge in [0.25, 0.3) is 0 Å². The number of benzene rings is 1. The van der Waals surface area contributed by atoms with E-state index in [1.807, 2.05) is 0 Å². The number of rotatable bonds is 4. The number of amides is 2. The molecule has 0 aliphatic heterocycles. The summed E-state index contributed by atoms with van der Waals surface area (Å²) in [6.07, 6.45) is -5.51. The Balaban J connectivity index is 2.58. The smallest absolute Gasteiger partial charge is 0.391 e. The minimum Gasteiger partial charge on any atom is -0.478 e. The molecule has 0 aromatic heterocycles. The second-order valence-corrected chi connectivity index (χ2v) is 4.20. The molecule has 0 bridgehead atoms. The van der Waals surface area contributed by atoms with E-state index in [4.69, 9.17) is 5.11 Å². The van der Waals surface area contributed by atoms with E-state index in [-0.39, 0.29) is 11.3 Å². The summed E-state index contributed by atoms with van der Waals surface area (Å²) >= 11 is 0. The summed E-state index contributed by atoms with van der Waals surface area (Å²) in [7, 11) is 0. The van der Waals surface area contributed by atoms with Gasteiger partial charge >= 0.3 is 18.2 Å². The molecule has 3 N–H and O–H groups in total. The number of hydrogen-bond donors (Lipinski definition) is 3. The molecule has 20 heavy (non-hydrogen) atoms. The van der Waals surface area contributed by atoms with Crippen LogP contribution >= 0.6 is 0 Å². The second kappa shape index (κ2) is 6.27. The van der Waals surface area contributed by atoms with Crippen molar-refractivity contribution >= 4 is 17.7 Å². The van der Waals surface area contributed by atoms with Gasteiger partial charge in [-0.1, -0.05) is 6.07 Å². The number of hydrogen-bond acceptors (Lipinski definition) is 2. The molecular weight excluding hydrogens is 277 g/mol. The van der Waals surface area contributed by atoms with Gasteiger partial charge in [-0.15, -0.1) is 0 Å². The van der Waals surface area contributed by atoms with Crippen LogP contribution in [0.15, 0.2) is 24.3 Å². The van der Waals surface area contributed by atoms with E-state index in [0.29, 0.717) is 0 Å². The van der Waals surface area contributed by atoms with Gasteiger partial charge in [0.2, 0.25) is 0 Å². The Morgan fingerprint density at radius 3 is 2.55 bits per heavy atom. The standard InChI is InChI=1S/C12H13F3N2O3/c1-7(6-12(13,14)15)16-11(20)17-9-4-2-3-8(5-9)10(18)19/h2-5,7H,6H2,1H3,(H,18,19)(H2,16,17,20). The molecule has 1 unspecified atom stereocenters. The van der Waals surface area contributed by atoms with E-state index >= 15 is 0 Å². The largest absolute Gasteiger partial charge is 0.478 e. The third kappa shape index (κ3) is 5.59. The zero-order valence-electron chi connectivity index (χ0n) is 10.5. The van der Waals surface area contributed by atoms with Crippen LogP contribution in [0.1, 0.15) is 23.7 Å². The number of urea groups is 1. The van der Waals surface area contributed by atoms with Crippen molar-refractivity contribution in [3.05, 3.63) is 29.8 Å². The van der Waals surface area contributed by atoms with Crippen molar-refractivity contribution in [2.45, 2.75) is 25.6 Å². The maximum Gasteiger partial charge on any atom is 0.391 e. The van der Waals surface area contributed by atoms with Crippen LogP contribution in [0.2, 0.25) is 0 Å². The van der Waals surface area contributed by atoms with Crippen LogP contribution in [0.25, 0.3) is 0 Å². The molecule has 0 saturated carbocycles. The normalized spacial score (nSPS) is 12.6. The molecule has 0 aliphatic rings. The molecule has 5 nitrogen and oxygen atoms in total. The lowest BCUT2D eigenvalue weighted by Crippen LogP contribution is -2.38. The Labute approximate surface area is 112 Å². The van der Waals surface area contributed by atoms with E-state index in [1.54, 1.807) is 0 Å². The first-order valence-corrected chi connectivity index (χ1v) is 5.65. The van der Waals surface area contributed by atoms with Crippen LogP contribution in [0, 0.1) is 0 Å². The van der Waals surface area contributed by atoms with Crippen molar-refractivity contribution < 1.29 is 27.9 Å². The fraction of sp³-hybridized carbons (Fsp3) is 0.333. The number of alkyl halides is 3. The number of carbonyl (C=O) groups excluding carboxylic acids is 1. The van der Waals surface area contributed by atoms with E-state index in [0.717, 1.165) is 0 Å². The van der Waals surface area contributed by atoms with Crippen molar-refractivity contribution in [1.29, 1.82) is 0 Å². The number of carboxylic acids is 1.